The molecule has 0 aliphatic carbocycles. The molecule has 2 unspecified atom stereocenters. The number of hydrogen-bond donors (Lipinski definition) is 2. The van der Waals surface area contributed by atoms with Crippen LogP contribution in [0.4, 0.5) is 0 Å². The van der Waals surface area contributed by atoms with Crippen molar-refractivity contribution in [2.24, 2.45) is 11.7 Å². The highest BCUT2D eigenvalue weighted by molar-refractivity contribution is 7.91. The van der Waals surface area contributed by atoms with E-state index in [0.717, 1.165) is 6.42 Å². The first-order valence-corrected chi connectivity index (χ1v) is 7.80. The van der Waals surface area contributed by atoms with E-state index in [9.17, 15) is 13.2 Å². The van der Waals surface area contributed by atoms with Crippen molar-refractivity contribution in [1.82, 2.24) is 5.32 Å². The fourth-order valence-electron chi connectivity index (χ4n) is 2.00. The zero-order valence-corrected chi connectivity index (χ0v) is 11.3. The highest BCUT2D eigenvalue weighted by Gasteiger charge is 2.39. The number of rotatable bonds is 5. The summed E-state index contributed by atoms with van der Waals surface area (Å²) in [5.74, 6) is 0.465. The van der Waals surface area contributed by atoms with Crippen LogP contribution in [0.5, 0.6) is 0 Å². The van der Waals surface area contributed by atoms with Crippen LogP contribution in [0.3, 0.4) is 0 Å². The van der Waals surface area contributed by atoms with Gasteiger partial charge in [0.25, 0.3) is 0 Å². The van der Waals surface area contributed by atoms with E-state index in [1.54, 1.807) is 6.92 Å². The van der Waals surface area contributed by atoms with Gasteiger partial charge in [-0.05, 0) is 32.2 Å². The van der Waals surface area contributed by atoms with E-state index in [1.807, 2.05) is 6.92 Å². The van der Waals surface area contributed by atoms with Gasteiger partial charge in [-0.1, -0.05) is 6.92 Å². The van der Waals surface area contributed by atoms with Gasteiger partial charge in [0.15, 0.2) is 9.84 Å². The Labute approximate surface area is 103 Å². The fourth-order valence-corrected chi connectivity index (χ4v) is 4.10. The molecule has 5 nitrogen and oxygen atoms in total. The first-order chi connectivity index (χ1) is 7.76. The van der Waals surface area contributed by atoms with Gasteiger partial charge in [-0.2, -0.15) is 0 Å². The molecule has 6 heteroatoms. The van der Waals surface area contributed by atoms with Crippen molar-refractivity contribution in [2.75, 3.05) is 18.1 Å². The highest BCUT2D eigenvalue weighted by atomic mass is 32.2. The summed E-state index contributed by atoms with van der Waals surface area (Å²) in [5.41, 5.74) is 4.89. The number of carbonyl (C=O) groups is 1. The van der Waals surface area contributed by atoms with Gasteiger partial charge >= 0.3 is 0 Å². The molecule has 1 aliphatic rings. The lowest BCUT2D eigenvalue weighted by atomic mass is 10.0. The Morgan fingerprint density at radius 1 is 1.53 bits per heavy atom. The molecule has 0 aromatic heterocycles. The van der Waals surface area contributed by atoms with Gasteiger partial charge in [-0.3, -0.25) is 4.79 Å². The van der Waals surface area contributed by atoms with Gasteiger partial charge < -0.3 is 11.1 Å². The third-order valence-corrected chi connectivity index (χ3v) is 5.11. The SMILES string of the molecule is CC(CN)CCC(=O)NC1(C)CCS(=O)(=O)C1. The van der Waals surface area contributed by atoms with E-state index in [2.05, 4.69) is 5.32 Å². The number of sulfone groups is 1. The van der Waals surface area contributed by atoms with Crippen molar-refractivity contribution in [2.45, 2.75) is 38.6 Å². The maximum Gasteiger partial charge on any atom is 0.220 e. The van der Waals surface area contributed by atoms with E-state index >= 15 is 0 Å². The summed E-state index contributed by atoms with van der Waals surface area (Å²) in [6.07, 6.45) is 1.66. The van der Waals surface area contributed by atoms with Crippen LogP contribution in [0.15, 0.2) is 0 Å². The normalized spacial score (nSPS) is 28.9. The van der Waals surface area contributed by atoms with Crippen molar-refractivity contribution in [3.63, 3.8) is 0 Å². The molecule has 0 radical (unpaired) electrons. The maximum atomic E-state index is 11.7. The van der Waals surface area contributed by atoms with E-state index in [4.69, 9.17) is 5.73 Å². The second kappa shape index (κ2) is 5.35. The lowest BCUT2D eigenvalue weighted by molar-refractivity contribution is -0.122. The molecule has 1 aliphatic heterocycles. The molecule has 0 bridgehead atoms. The lowest BCUT2D eigenvalue weighted by Gasteiger charge is -2.24. The predicted molar refractivity (Wildman–Crippen MR) is 67.3 cm³/mol. The molecule has 1 heterocycles. The molecule has 0 spiro atoms. The maximum absolute atomic E-state index is 11.7. The van der Waals surface area contributed by atoms with Gasteiger partial charge in [0.05, 0.1) is 17.0 Å². The monoisotopic (exact) mass is 262 g/mol. The third-order valence-electron chi connectivity index (χ3n) is 3.21. The molecule has 0 saturated carbocycles. The molecular formula is C11H22N2O3S. The molecule has 17 heavy (non-hydrogen) atoms. The second-order valence-electron chi connectivity index (χ2n) is 5.33. The molecule has 100 valence electrons. The Bertz CT molecular complexity index is 380. The number of carbonyl (C=O) groups excluding carboxylic acids is 1. The number of hydrogen-bond acceptors (Lipinski definition) is 4. The molecule has 1 fully saturated rings. The van der Waals surface area contributed by atoms with E-state index < -0.39 is 15.4 Å². The van der Waals surface area contributed by atoms with Crippen LogP contribution in [0.2, 0.25) is 0 Å². The number of nitrogens with two attached hydrogens (primary N) is 1. The average molecular weight is 262 g/mol. The summed E-state index contributed by atoms with van der Waals surface area (Å²) in [6, 6.07) is 0. The summed E-state index contributed by atoms with van der Waals surface area (Å²) in [6.45, 7) is 4.36. The molecule has 0 aromatic carbocycles. The van der Waals surface area contributed by atoms with Gasteiger partial charge in [-0.15, -0.1) is 0 Å². The minimum atomic E-state index is -2.97. The quantitative estimate of drug-likeness (QED) is 0.733. The standard InChI is InChI=1S/C11H22N2O3S/c1-9(7-12)3-4-10(14)13-11(2)5-6-17(15,16)8-11/h9H,3-8,12H2,1-2H3,(H,13,14). The Kier molecular flexibility index (Phi) is 4.55. The predicted octanol–water partition coefficient (Wildman–Crippen LogP) is 0.0548. The van der Waals surface area contributed by atoms with Crippen molar-refractivity contribution in [3.8, 4) is 0 Å². The first kappa shape index (κ1) is 14.4. The van der Waals surface area contributed by atoms with Crippen LogP contribution in [-0.2, 0) is 14.6 Å². The fraction of sp³-hybridized carbons (Fsp3) is 0.909. The molecule has 1 amide bonds. The summed E-state index contributed by atoms with van der Waals surface area (Å²) in [5, 5.41) is 2.83. The molecule has 1 saturated heterocycles. The van der Waals surface area contributed by atoms with Crippen LogP contribution < -0.4 is 11.1 Å². The molecule has 2 atom stereocenters. The van der Waals surface area contributed by atoms with E-state index in [1.165, 1.54) is 0 Å². The number of nitrogens with one attached hydrogen (secondary N) is 1. The van der Waals surface area contributed by atoms with Crippen LogP contribution >= 0.6 is 0 Å². The topological polar surface area (TPSA) is 89.3 Å². The van der Waals surface area contributed by atoms with Crippen LogP contribution in [0, 0.1) is 5.92 Å². The molecule has 1 rings (SSSR count). The van der Waals surface area contributed by atoms with Gasteiger partial charge in [-0.25, -0.2) is 8.42 Å². The Balaban J connectivity index is 2.41. The van der Waals surface area contributed by atoms with Gasteiger partial charge in [0, 0.05) is 6.42 Å². The van der Waals surface area contributed by atoms with Crippen molar-refractivity contribution in [3.05, 3.63) is 0 Å². The Morgan fingerprint density at radius 3 is 2.65 bits per heavy atom. The van der Waals surface area contributed by atoms with Crippen molar-refractivity contribution < 1.29 is 13.2 Å². The minimum absolute atomic E-state index is 0.0538. The van der Waals surface area contributed by atoms with Crippen molar-refractivity contribution >= 4 is 15.7 Å². The van der Waals surface area contributed by atoms with E-state index in [-0.39, 0.29) is 17.4 Å². The number of amides is 1. The van der Waals surface area contributed by atoms with E-state index in [0.29, 0.717) is 25.3 Å². The zero-order valence-electron chi connectivity index (χ0n) is 10.5. The van der Waals surface area contributed by atoms with Crippen LogP contribution in [-0.4, -0.2) is 37.9 Å². The zero-order chi connectivity index (χ0) is 13.1. The van der Waals surface area contributed by atoms with Gasteiger partial charge in [0.2, 0.25) is 5.91 Å². The smallest absolute Gasteiger partial charge is 0.220 e. The first-order valence-electron chi connectivity index (χ1n) is 5.98. The highest BCUT2D eigenvalue weighted by Crippen LogP contribution is 2.23. The molecule has 3 N–H and O–H groups in total. The third kappa shape index (κ3) is 4.63. The average Bonchev–Trinajstić information content (AvgIpc) is 2.49. The molecular weight excluding hydrogens is 240 g/mol. The Morgan fingerprint density at radius 2 is 2.18 bits per heavy atom. The summed E-state index contributed by atoms with van der Waals surface area (Å²) < 4.78 is 22.7. The lowest BCUT2D eigenvalue weighted by Crippen LogP contribution is -2.47. The summed E-state index contributed by atoms with van der Waals surface area (Å²) in [4.78, 5) is 11.7. The van der Waals surface area contributed by atoms with Crippen molar-refractivity contribution in [1.29, 1.82) is 0 Å². The minimum Gasteiger partial charge on any atom is -0.350 e. The summed E-state index contributed by atoms with van der Waals surface area (Å²) >= 11 is 0. The second-order valence-corrected chi connectivity index (χ2v) is 7.51. The summed E-state index contributed by atoms with van der Waals surface area (Å²) in [7, 11) is -2.97. The van der Waals surface area contributed by atoms with Crippen LogP contribution in [0.1, 0.15) is 33.1 Å². The van der Waals surface area contributed by atoms with Gasteiger partial charge in [0.1, 0.15) is 0 Å². The largest absolute Gasteiger partial charge is 0.350 e. The Hall–Kier alpha value is -0.620. The van der Waals surface area contributed by atoms with Crippen LogP contribution in [0.25, 0.3) is 0 Å². The molecule has 0 aromatic rings.